The standard InChI is InChI=1S/C9H13N5/c1-7(3-10)4-12-9(11)14-6-8(2)5-13-14/h3-6,10H,1-2H3,(H2,11,12)/b7-4-,10-3?. The summed E-state index contributed by atoms with van der Waals surface area (Å²) < 4.78 is 1.43. The van der Waals surface area contributed by atoms with Crippen LogP contribution in [0.25, 0.3) is 0 Å². The highest BCUT2D eigenvalue weighted by Crippen LogP contribution is 1.92. The first kappa shape index (κ1) is 10.2. The maximum Gasteiger partial charge on any atom is 0.220 e. The fraction of sp³-hybridized carbons (Fsp3) is 0.222. The lowest BCUT2D eigenvalue weighted by atomic mass is 10.4. The molecule has 1 heterocycles. The molecule has 1 rings (SSSR count). The average Bonchev–Trinajstić information content (AvgIpc) is 2.60. The van der Waals surface area contributed by atoms with E-state index in [2.05, 4.69) is 10.4 Å². The first-order chi connectivity index (χ1) is 6.63. The second-order valence-electron chi connectivity index (χ2n) is 2.99. The molecular formula is C9H13N5. The van der Waals surface area contributed by atoms with E-state index in [1.165, 1.54) is 10.9 Å². The molecule has 0 radical (unpaired) electrons. The van der Waals surface area contributed by atoms with E-state index in [1.807, 2.05) is 6.92 Å². The summed E-state index contributed by atoms with van der Waals surface area (Å²) in [4.78, 5) is 0. The lowest BCUT2D eigenvalue weighted by Gasteiger charge is -2.02. The topological polar surface area (TPSA) is 77.5 Å². The lowest BCUT2D eigenvalue weighted by Crippen LogP contribution is -2.25. The molecular weight excluding hydrogens is 178 g/mol. The van der Waals surface area contributed by atoms with Gasteiger partial charge in [-0.25, -0.2) is 4.68 Å². The molecule has 0 fully saturated rings. The van der Waals surface area contributed by atoms with Crippen molar-refractivity contribution in [1.82, 2.24) is 15.1 Å². The van der Waals surface area contributed by atoms with Crippen LogP contribution in [0.5, 0.6) is 0 Å². The van der Waals surface area contributed by atoms with Crippen molar-refractivity contribution in [2.75, 3.05) is 0 Å². The van der Waals surface area contributed by atoms with Crippen molar-refractivity contribution in [3.05, 3.63) is 29.7 Å². The van der Waals surface area contributed by atoms with E-state index in [9.17, 15) is 0 Å². The van der Waals surface area contributed by atoms with E-state index in [0.29, 0.717) is 0 Å². The second-order valence-corrected chi connectivity index (χ2v) is 2.99. The van der Waals surface area contributed by atoms with Gasteiger partial charge in [-0.2, -0.15) is 5.10 Å². The minimum absolute atomic E-state index is 0.166. The zero-order valence-electron chi connectivity index (χ0n) is 8.20. The van der Waals surface area contributed by atoms with Crippen molar-refractivity contribution >= 4 is 12.2 Å². The van der Waals surface area contributed by atoms with Gasteiger partial charge in [-0.05, 0) is 25.0 Å². The van der Waals surface area contributed by atoms with Crippen LogP contribution < -0.4 is 5.32 Å². The van der Waals surface area contributed by atoms with Gasteiger partial charge < -0.3 is 10.7 Å². The van der Waals surface area contributed by atoms with Gasteiger partial charge in [0.05, 0.1) is 6.20 Å². The van der Waals surface area contributed by atoms with E-state index < -0.39 is 0 Å². The van der Waals surface area contributed by atoms with Crippen LogP contribution in [0.2, 0.25) is 0 Å². The maximum absolute atomic E-state index is 7.58. The Morgan fingerprint density at radius 1 is 1.64 bits per heavy atom. The zero-order valence-corrected chi connectivity index (χ0v) is 8.20. The Bertz CT molecular complexity index is 374. The lowest BCUT2D eigenvalue weighted by molar-refractivity contribution is 0.881. The predicted molar refractivity (Wildman–Crippen MR) is 55.8 cm³/mol. The van der Waals surface area contributed by atoms with Gasteiger partial charge in [-0.1, -0.05) is 0 Å². The smallest absolute Gasteiger partial charge is 0.220 e. The largest absolute Gasteiger partial charge is 0.331 e. The number of aryl methyl sites for hydroxylation is 1. The van der Waals surface area contributed by atoms with Gasteiger partial charge >= 0.3 is 0 Å². The third kappa shape index (κ3) is 2.55. The number of hydrogen-bond donors (Lipinski definition) is 3. The summed E-state index contributed by atoms with van der Waals surface area (Å²) in [6.07, 6.45) is 6.24. The third-order valence-corrected chi connectivity index (χ3v) is 1.61. The summed E-state index contributed by atoms with van der Waals surface area (Å²) in [5, 5.41) is 21.2. The Morgan fingerprint density at radius 3 is 2.86 bits per heavy atom. The van der Waals surface area contributed by atoms with E-state index in [4.69, 9.17) is 10.8 Å². The van der Waals surface area contributed by atoms with Crippen LogP contribution in [0.15, 0.2) is 24.2 Å². The quantitative estimate of drug-likeness (QED) is 0.484. The molecule has 0 aliphatic heterocycles. The van der Waals surface area contributed by atoms with Crippen molar-refractivity contribution in [3.63, 3.8) is 0 Å². The number of aromatic nitrogens is 2. The number of hydrogen-bond acceptors (Lipinski definition) is 3. The van der Waals surface area contributed by atoms with Crippen LogP contribution in [0, 0.1) is 17.7 Å². The number of nitrogens with zero attached hydrogens (tertiary/aromatic N) is 2. The monoisotopic (exact) mass is 191 g/mol. The SMILES string of the molecule is C/C(C=N)=C/NC(=N)n1cc(C)cn1. The molecule has 0 bridgehead atoms. The molecule has 1 aromatic rings. The van der Waals surface area contributed by atoms with E-state index >= 15 is 0 Å². The van der Waals surface area contributed by atoms with Gasteiger partial charge in [0.2, 0.25) is 5.96 Å². The molecule has 0 saturated heterocycles. The molecule has 1 aromatic heterocycles. The number of nitrogens with one attached hydrogen (secondary N) is 3. The fourth-order valence-corrected chi connectivity index (χ4v) is 0.825. The molecule has 14 heavy (non-hydrogen) atoms. The molecule has 0 aliphatic carbocycles. The average molecular weight is 191 g/mol. The summed E-state index contributed by atoms with van der Waals surface area (Å²) in [7, 11) is 0. The summed E-state index contributed by atoms with van der Waals surface area (Å²) in [6, 6.07) is 0. The molecule has 0 spiro atoms. The summed E-state index contributed by atoms with van der Waals surface area (Å²) >= 11 is 0. The van der Waals surface area contributed by atoms with Crippen LogP contribution >= 0.6 is 0 Å². The summed E-state index contributed by atoms with van der Waals surface area (Å²) in [5.41, 5.74) is 1.75. The van der Waals surface area contributed by atoms with Crippen LogP contribution in [0.3, 0.4) is 0 Å². The Kier molecular flexibility index (Phi) is 3.17. The van der Waals surface area contributed by atoms with Crippen LogP contribution in [0.1, 0.15) is 12.5 Å². The van der Waals surface area contributed by atoms with E-state index in [1.54, 1.807) is 25.5 Å². The molecule has 0 aromatic carbocycles. The summed E-state index contributed by atoms with van der Waals surface area (Å²) in [6.45, 7) is 3.69. The van der Waals surface area contributed by atoms with Gasteiger partial charge in [0.1, 0.15) is 0 Å². The Hall–Kier alpha value is -1.91. The molecule has 3 N–H and O–H groups in total. The molecule has 74 valence electrons. The summed E-state index contributed by atoms with van der Waals surface area (Å²) in [5.74, 6) is 0.166. The van der Waals surface area contributed by atoms with Gasteiger partial charge in [0.25, 0.3) is 0 Å². The van der Waals surface area contributed by atoms with Gasteiger partial charge in [0.15, 0.2) is 0 Å². The van der Waals surface area contributed by atoms with Gasteiger partial charge in [-0.3, -0.25) is 5.41 Å². The first-order valence-electron chi connectivity index (χ1n) is 4.17. The molecule has 0 aliphatic rings. The van der Waals surface area contributed by atoms with Crippen molar-refractivity contribution in [1.29, 1.82) is 10.8 Å². The van der Waals surface area contributed by atoms with Gasteiger partial charge in [-0.15, -0.1) is 0 Å². The maximum atomic E-state index is 7.58. The molecule has 0 unspecified atom stereocenters. The first-order valence-corrected chi connectivity index (χ1v) is 4.17. The fourth-order valence-electron chi connectivity index (χ4n) is 0.825. The molecule has 5 heteroatoms. The normalized spacial score (nSPS) is 11.1. The third-order valence-electron chi connectivity index (χ3n) is 1.61. The molecule has 0 saturated carbocycles. The predicted octanol–water partition coefficient (Wildman–Crippen LogP) is 1.12. The molecule has 5 nitrogen and oxygen atoms in total. The Balaban J connectivity index is 2.64. The van der Waals surface area contributed by atoms with Crippen molar-refractivity contribution in [3.8, 4) is 0 Å². The zero-order chi connectivity index (χ0) is 10.6. The minimum Gasteiger partial charge on any atom is -0.331 e. The van der Waals surface area contributed by atoms with Crippen LogP contribution in [0.4, 0.5) is 0 Å². The van der Waals surface area contributed by atoms with E-state index in [-0.39, 0.29) is 5.96 Å². The van der Waals surface area contributed by atoms with Crippen molar-refractivity contribution < 1.29 is 0 Å². The van der Waals surface area contributed by atoms with Crippen LogP contribution in [-0.2, 0) is 0 Å². The highest BCUT2D eigenvalue weighted by Gasteiger charge is 1.98. The number of allylic oxidation sites excluding steroid dienone is 1. The van der Waals surface area contributed by atoms with Crippen molar-refractivity contribution in [2.24, 2.45) is 0 Å². The number of rotatable bonds is 2. The molecule has 0 amide bonds. The van der Waals surface area contributed by atoms with Crippen molar-refractivity contribution in [2.45, 2.75) is 13.8 Å². The van der Waals surface area contributed by atoms with Gasteiger partial charge in [0, 0.05) is 18.6 Å². The van der Waals surface area contributed by atoms with E-state index in [0.717, 1.165) is 11.1 Å². The highest BCUT2D eigenvalue weighted by molar-refractivity contribution is 5.81. The minimum atomic E-state index is 0.166. The Morgan fingerprint density at radius 2 is 2.36 bits per heavy atom. The highest BCUT2D eigenvalue weighted by atomic mass is 15.3. The molecule has 0 atom stereocenters. The second kappa shape index (κ2) is 4.36. The van der Waals surface area contributed by atoms with Crippen LogP contribution in [-0.4, -0.2) is 22.0 Å². The Labute approximate surface area is 82.5 Å².